The van der Waals surface area contributed by atoms with Crippen molar-refractivity contribution in [3.8, 4) is 17.1 Å². The second-order valence-corrected chi connectivity index (χ2v) is 10.2. The van der Waals surface area contributed by atoms with Gasteiger partial charge in [-0.25, -0.2) is 0 Å². The van der Waals surface area contributed by atoms with E-state index >= 15 is 0 Å². The zero-order valence-electron chi connectivity index (χ0n) is 18.5. The maximum Gasteiger partial charge on any atom is 0.247 e. The van der Waals surface area contributed by atoms with Gasteiger partial charge in [0.05, 0.1) is 5.69 Å². The van der Waals surface area contributed by atoms with E-state index in [1.165, 1.54) is 0 Å². The number of amides is 1. The molecule has 1 aromatic heterocycles. The predicted octanol–water partition coefficient (Wildman–Crippen LogP) is 6.19. The van der Waals surface area contributed by atoms with E-state index in [0.29, 0.717) is 22.6 Å². The molecule has 1 aliphatic rings. The predicted molar refractivity (Wildman–Crippen MR) is 131 cm³/mol. The van der Waals surface area contributed by atoms with Crippen LogP contribution in [-0.2, 0) is 4.79 Å². The second-order valence-electron chi connectivity index (χ2n) is 8.21. The van der Waals surface area contributed by atoms with Crippen LogP contribution < -0.4 is 9.64 Å². The molecule has 0 fully saturated rings. The van der Waals surface area contributed by atoms with Gasteiger partial charge in [-0.1, -0.05) is 65.3 Å². The van der Waals surface area contributed by atoms with Gasteiger partial charge in [-0.05, 0) is 43.5 Å². The van der Waals surface area contributed by atoms with Crippen LogP contribution in [0.2, 0.25) is 0 Å². The van der Waals surface area contributed by atoms with E-state index in [-0.39, 0.29) is 5.91 Å². The lowest BCUT2D eigenvalue weighted by molar-refractivity contribution is -0.118. The summed E-state index contributed by atoms with van der Waals surface area (Å²) in [5.74, 6) is 1.77. The maximum atomic E-state index is 12.8. The number of hydrogen-bond donors (Lipinski definition) is 0. The Kier molecular flexibility index (Phi) is 6.81. The first-order valence-corrected chi connectivity index (χ1v) is 12.3. The summed E-state index contributed by atoms with van der Waals surface area (Å²) in [6, 6.07) is 13.7. The number of ether oxygens (including phenoxy) is 1. The van der Waals surface area contributed by atoms with Crippen molar-refractivity contribution >= 4 is 39.3 Å². The van der Waals surface area contributed by atoms with Gasteiger partial charge in [0.15, 0.2) is 5.69 Å². The summed E-state index contributed by atoms with van der Waals surface area (Å²) in [5, 5.41) is 9.42. The number of hydrogen-bond acceptors (Lipinski definition) is 6. The van der Waals surface area contributed by atoms with Crippen LogP contribution in [-0.4, -0.2) is 26.8 Å². The normalized spacial score (nSPS) is 15.1. The number of aromatic nitrogens is 3. The van der Waals surface area contributed by atoms with Gasteiger partial charge in [-0.15, -0.1) is 10.2 Å². The summed E-state index contributed by atoms with van der Waals surface area (Å²) in [4.78, 5) is 19.2. The van der Waals surface area contributed by atoms with Crippen LogP contribution in [0.15, 0.2) is 52.1 Å². The second kappa shape index (κ2) is 9.58. The molecule has 6 nitrogen and oxygen atoms in total. The highest BCUT2D eigenvalue weighted by molar-refractivity contribution is 9.10. The summed E-state index contributed by atoms with van der Waals surface area (Å²) >= 11 is 5.04. The third kappa shape index (κ3) is 4.81. The number of nitrogens with zero attached hydrogens (tertiary/aromatic N) is 4. The first kappa shape index (κ1) is 22.7. The van der Waals surface area contributed by atoms with Crippen molar-refractivity contribution in [1.82, 2.24) is 15.2 Å². The molecular weight excluding hydrogens is 488 g/mol. The zero-order chi connectivity index (χ0) is 22.8. The minimum absolute atomic E-state index is 0.129. The molecule has 166 valence electrons. The van der Waals surface area contributed by atoms with Crippen molar-refractivity contribution in [2.45, 2.75) is 45.5 Å². The van der Waals surface area contributed by atoms with E-state index in [1.54, 1.807) is 23.6 Å². The van der Waals surface area contributed by atoms with Crippen molar-refractivity contribution in [3.63, 3.8) is 0 Å². The van der Waals surface area contributed by atoms with E-state index in [2.05, 4.69) is 40.0 Å². The molecule has 3 aromatic rings. The number of carbonyl (C=O) groups is 1. The van der Waals surface area contributed by atoms with Crippen LogP contribution >= 0.6 is 27.7 Å². The van der Waals surface area contributed by atoms with Crippen LogP contribution in [0.25, 0.3) is 11.3 Å². The van der Waals surface area contributed by atoms with E-state index in [4.69, 9.17) is 9.72 Å². The molecule has 1 atom stereocenters. The molecule has 1 aliphatic heterocycles. The van der Waals surface area contributed by atoms with Gasteiger partial charge >= 0.3 is 0 Å². The van der Waals surface area contributed by atoms with Gasteiger partial charge in [-0.3, -0.25) is 9.69 Å². The number of aryl methyl sites for hydroxylation is 1. The summed E-state index contributed by atoms with van der Waals surface area (Å²) in [7, 11) is 0. The molecule has 0 spiro atoms. The molecule has 1 amide bonds. The van der Waals surface area contributed by atoms with Gasteiger partial charge in [0.25, 0.3) is 0 Å². The van der Waals surface area contributed by atoms with Crippen LogP contribution in [0.4, 0.5) is 5.69 Å². The molecule has 4 rings (SSSR count). The number of benzene rings is 2. The molecule has 2 aromatic carbocycles. The zero-order valence-corrected chi connectivity index (χ0v) is 20.9. The quantitative estimate of drug-likeness (QED) is 0.379. The average molecular weight is 513 g/mol. The van der Waals surface area contributed by atoms with Gasteiger partial charge in [0.2, 0.25) is 23.2 Å². The molecule has 0 aliphatic carbocycles. The molecular formula is C24H25BrN4O2S. The number of thioether (sulfide) groups is 1. The number of anilines is 1. The molecule has 8 heteroatoms. The van der Waals surface area contributed by atoms with Crippen LogP contribution in [0.1, 0.15) is 44.5 Å². The Bertz CT molecular complexity index is 1140. The topological polar surface area (TPSA) is 68.2 Å². The smallest absolute Gasteiger partial charge is 0.247 e. The average Bonchev–Trinajstić information content (AvgIpc) is 2.88. The van der Waals surface area contributed by atoms with E-state index in [0.717, 1.165) is 39.0 Å². The van der Waals surface area contributed by atoms with Crippen molar-refractivity contribution < 1.29 is 9.53 Å². The van der Waals surface area contributed by atoms with Crippen LogP contribution in [0.5, 0.6) is 5.88 Å². The van der Waals surface area contributed by atoms with Crippen molar-refractivity contribution in [2.75, 3.05) is 10.7 Å². The minimum atomic E-state index is -0.673. The summed E-state index contributed by atoms with van der Waals surface area (Å²) in [5.41, 5.74) is 3.95. The van der Waals surface area contributed by atoms with Gasteiger partial charge in [-0.2, -0.15) is 4.98 Å². The number of fused-ring (bicyclic) bond motifs is 3. The lowest BCUT2D eigenvalue weighted by Gasteiger charge is -2.30. The summed E-state index contributed by atoms with van der Waals surface area (Å²) in [6.45, 7) is 7.94. The first-order chi connectivity index (χ1) is 15.3. The fraction of sp³-hybridized carbons (Fsp3) is 0.333. The Hall–Kier alpha value is -2.45. The number of halogens is 1. The molecule has 0 bridgehead atoms. The molecule has 2 heterocycles. The molecule has 0 N–H and O–H groups in total. The molecule has 0 saturated heterocycles. The third-order valence-electron chi connectivity index (χ3n) is 5.18. The van der Waals surface area contributed by atoms with E-state index in [9.17, 15) is 4.79 Å². The lowest BCUT2D eigenvalue weighted by Crippen LogP contribution is -2.36. The fourth-order valence-corrected chi connectivity index (χ4v) is 4.79. The Balaban J connectivity index is 1.84. The number of rotatable bonds is 5. The van der Waals surface area contributed by atoms with Gasteiger partial charge in [0, 0.05) is 28.3 Å². The Labute approximate surface area is 200 Å². The summed E-state index contributed by atoms with van der Waals surface area (Å²) < 4.78 is 7.36. The highest BCUT2D eigenvalue weighted by Gasteiger charge is 2.34. The van der Waals surface area contributed by atoms with E-state index in [1.807, 2.05) is 49.4 Å². The first-order valence-electron chi connectivity index (χ1n) is 10.5. The lowest BCUT2D eigenvalue weighted by atomic mass is 10.0. The SMILES string of the molecule is CC(=O)N1c2ccc(C)cc2-c2nnc(SCCC(C)C)nc2O[C@@H]1c1ccc(Br)cc1. The Morgan fingerprint density at radius 3 is 2.62 bits per heavy atom. The third-order valence-corrected chi connectivity index (χ3v) is 6.58. The highest BCUT2D eigenvalue weighted by Crippen LogP contribution is 2.44. The van der Waals surface area contributed by atoms with Crippen molar-refractivity contribution in [3.05, 3.63) is 58.1 Å². The monoisotopic (exact) mass is 512 g/mol. The fourth-order valence-electron chi connectivity index (χ4n) is 3.51. The van der Waals surface area contributed by atoms with Crippen molar-refractivity contribution in [2.24, 2.45) is 5.92 Å². The number of carbonyl (C=O) groups excluding carboxylic acids is 1. The van der Waals surface area contributed by atoms with Crippen molar-refractivity contribution in [1.29, 1.82) is 0 Å². The standard InChI is InChI=1S/C24H25BrN4O2S/c1-14(2)11-12-32-24-26-22-21(27-28-24)19-13-15(3)5-10-20(19)29(16(4)30)23(31-22)17-6-8-18(25)9-7-17/h5-10,13-14,23H,11-12H2,1-4H3/t23-/m1/s1. The molecule has 0 unspecified atom stereocenters. The molecule has 32 heavy (non-hydrogen) atoms. The Morgan fingerprint density at radius 2 is 1.94 bits per heavy atom. The van der Waals surface area contributed by atoms with Gasteiger partial charge in [0.1, 0.15) is 0 Å². The minimum Gasteiger partial charge on any atom is -0.447 e. The Morgan fingerprint density at radius 1 is 1.19 bits per heavy atom. The highest BCUT2D eigenvalue weighted by atomic mass is 79.9. The van der Waals surface area contributed by atoms with Gasteiger partial charge < -0.3 is 4.74 Å². The van der Waals surface area contributed by atoms with Crippen LogP contribution in [0, 0.1) is 12.8 Å². The van der Waals surface area contributed by atoms with Crippen LogP contribution in [0.3, 0.4) is 0 Å². The maximum absolute atomic E-state index is 12.8. The van der Waals surface area contributed by atoms with E-state index < -0.39 is 6.23 Å². The summed E-state index contributed by atoms with van der Waals surface area (Å²) in [6.07, 6.45) is 0.390. The largest absolute Gasteiger partial charge is 0.447 e. The molecule has 0 radical (unpaired) electrons. The molecule has 0 saturated carbocycles.